The predicted octanol–water partition coefficient (Wildman–Crippen LogP) is 0.454. The van der Waals surface area contributed by atoms with E-state index in [-0.39, 0.29) is 5.91 Å². The first kappa shape index (κ1) is 17.5. The van der Waals surface area contributed by atoms with Crippen LogP contribution in [0, 0.1) is 0 Å². The van der Waals surface area contributed by atoms with E-state index < -0.39 is 11.0 Å². The molecule has 0 aromatic heterocycles. The monoisotopic (exact) mass is 350 g/mol. The fraction of sp³-hybridized carbons (Fsp3) is 0.588. The quantitative estimate of drug-likeness (QED) is 0.857. The molecule has 1 aromatic rings. The molecule has 2 atom stereocenters. The molecule has 7 heteroatoms. The number of carbonyl (C=O) groups excluding carboxylic acids is 1. The fourth-order valence-electron chi connectivity index (χ4n) is 3.37. The molecule has 2 aliphatic rings. The van der Waals surface area contributed by atoms with E-state index in [9.17, 15) is 9.00 Å². The van der Waals surface area contributed by atoms with Crippen LogP contribution < -0.4 is 10.2 Å². The Morgan fingerprint density at radius 2 is 2.17 bits per heavy atom. The van der Waals surface area contributed by atoms with Crippen LogP contribution in [0.1, 0.15) is 12.5 Å². The summed E-state index contributed by atoms with van der Waals surface area (Å²) < 4.78 is 14.0. The van der Waals surface area contributed by atoms with Crippen LogP contribution >= 0.6 is 0 Å². The summed E-state index contributed by atoms with van der Waals surface area (Å²) in [5, 5.41) is 3.40. The number of hydrogen-bond donors (Lipinski definition) is 1. The van der Waals surface area contributed by atoms with Gasteiger partial charge in [-0.05, 0) is 45.1 Å². The normalized spacial score (nSPS) is 22.7. The minimum absolute atomic E-state index is 0.135. The van der Waals surface area contributed by atoms with Crippen molar-refractivity contribution in [1.82, 2.24) is 14.5 Å². The van der Waals surface area contributed by atoms with Crippen molar-refractivity contribution in [2.24, 2.45) is 0 Å². The zero-order valence-electron chi connectivity index (χ0n) is 14.6. The molecule has 2 heterocycles. The Hall–Kier alpha value is -1.28. The van der Waals surface area contributed by atoms with Crippen molar-refractivity contribution in [3.63, 3.8) is 0 Å². The SMILES string of the molecule is C[C@@H]1CN(CC(=O)N2CCc3ccc(S(=O)N(C)C)cc32)CCN1. The second-order valence-electron chi connectivity index (χ2n) is 6.74. The zero-order valence-corrected chi connectivity index (χ0v) is 15.4. The number of fused-ring (bicyclic) bond motifs is 1. The minimum Gasteiger partial charge on any atom is -0.312 e. The topological polar surface area (TPSA) is 55.9 Å². The Bertz CT molecular complexity index is 649. The number of piperazine rings is 1. The lowest BCUT2D eigenvalue weighted by Gasteiger charge is -2.32. The van der Waals surface area contributed by atoms with E-state index >= 15 is 0 Å². The zero-order chi connectivity index (χ0) is 17.3. The lowest BCUT2D eigenvalue weighted by Crippen LogP contribution is -2.52. The van der Waals surface area contributed by atoms with Crippen LogP contribution in [-0.4, -0.2) is 72.2 Å². The third kappa shape index (κ3) is 3.69. The highest BCUT2D eigenvalue weighted by molar-refractivity contribution is 7.82. The van der Waals surface area contributed by atoms with Gasteiger partial charge in [0.15, 0.2) is 0 Å². The van der Waals surface area contributed by atoms with Gasteiger partial charge in [-0.3, -0.25) is 9.69 Å². The third-order valence-corrected chi connectivity index (χ3v) is 5.92. The number of amides is 1. The summed E-state index contributed by atoms with van der Waals surface area (Å²) in [6, 6.07) is 6.25. The summed E-state index contributed by atoms with van der Waals surface area (Å²) in [6.07, 6.45) is 0.869. The molecule has 0 bridgehead atoms. The molecule has 1 N–H and O–H groups in total. The Morgan fingerprint density at radius 3 is 2.88 bits per heavy atom. The number of carbonyl (C=O) groups is 1. The largest absolute Gasteiger partial charge is 0.312 e. The van der Waals surface area contributed by atoms with Gasteiger partial charge in [0.1, 0.15) is 11.0 Å². The highest BCUT2D eigenvalue weighted by Crippen LogP contribution is 2.30. The van der Waals surface area contributed by atoms with E-state index in [1.54, 1.807) is 18.4 Å². The maximum Gasteiger partial charge on any atom is 0.241 e. The second-order valence-corrected chi connectivity index (χ2v) is 8.44. The van der Waals surface area contributed by atoms with Crippen LogP contribution in [0.4, 0.5) is 5.69 Å². The van der Waals surface area contributed by atoms with E-state index in [1.165, 1.54) is 0 Å². The Labute approximate surface area is 146 Å². The summed E-state index contributed by atoms with van der Waals surface area (Å²) in [6.45, 7) is 6.04. The van der Waals surface area contributed by atoms with Crippen molar-refractivity contribution in [2.45, 2.75) is 24.3 Å². The lowest BCUT2D eigenvalue weighted by atomic mass is 10.2. The van der Waals surface area contributed by atoms with Gasteiger partial charge in [-0.2, -0.15) is 0 Å². The van der Waals surface area contributed by atoms with Gasteiger partial charge in [0, 0.05) is 37.9 Å². The first-order chi connectivity index (χ1) is 11.5. The minimum atomic E-state index is -1.19. The highest BCUT2D eigenvalue weighted by Gasteiger charge is 2.28. The molecule has 1 unspecified atom stereocenters. The van der Waals surface area contributed by atoms with Crippen molar-refractivity contribution in [2.75, 3.05) is 51.7 Å². The summed E-state index contributed by atoms with van der Waals surface area (Å²) in [4.78, 5) is 17.6. The van der Waals surface area contributed by atoms with Crippen LogP contribution in [-0.2, 0) is 22.2 Å². The summed E-state index contributed by atoms with van der Waals surface area (Å²) in [5.74, 6) is 0.135. The number of nitrogens with one attached hydrogen (secondary N) is 1. The van der Waals surface area contributed by atoms with Gasteiger partial charge in [0.2, 0.25) is 5.91 Å². The molecular weight excluding hydrogens is 324 g/mol. The van der Waals surface area contributed by atoms with E-state index in [2.05, 4.69) is 17.1 Å². The molecule has 1 fully saturated rings. The average Bonchev–Trinajstić information content (AvgIpc) is 2.97. The molecule has 6 nitrogen and oxygen atoms in total. The van der Waals surface area contributed by atoms with E-state index in [0.717, 1.165) is 42.2 Å². The Morgan fingerprint density at radius 1 is 1.38 bits per heavy atom. The Kier molecular flexibility index (Phi) is 5.34. The van der Waals surface area contributed by atoms with Crippen molar-refractivity contribution in [3.8, 4) is 0 Å². The van der Waals surface area contributed by atoms with E-state index in [1.807, 2.05) is 23.1 Å². The average molecular weight is 350 g/mol. The molecular formula is C17H26N4O2S. The second kappa shape index (κ2) is 7.31. The number of anilines is 1. The first-order valence-corrected chi connectivity index (χ1v) is 9.54. The molecule has 1 saturated heterocycles. The summed E-state index contributed by atoms with van der Waals surface area (Å²) in [7, 11) is 2.39. The maximum absolute atomic E-state index is 12.8. The van der Waals surface area contributed by atoms with Gasteiger partial charge < -0.3 is 10.2 Å². The molecule has 0 spiro atoms. The molecule has 24 heavy (non-hydrogen) atoms. The van der Waals surface area contributed by atoms with Gasteiger partial charge in [0.25, 0.3) is 0 Å². The molecule has 0 aliphatic carbocycles. The van der Waals surface area contributed by atoms with E-state index in [4.69, 9.17) is 0 Å². The molecule has 1 aromatic carbocycles. The molecule has 3 rings (SSSR count). The van der Waals surface area contributed by atoms with Crippen LogP contribution in [0.15, 0.2) is 23.1 Å². The van der Waals surface area contributed by atoms with Gasteiger partial charge in [-0.25, -0.2) is 8.51 Å². The van der Waals surface area contributed by atoms with Gasteiger partial charge >= 0.3 is 0 Å². The number of benzene rings is 1. The third-order valence-electron chi connectivity index (χ3n) is 4.60. The van der Waals surface area contributed by atoms with Gasteiger partial charge in [-0.1, -0.05) is 6.07 Å². The lowest BCUT2D eigenvalue weighted by molar-refractivity contribution is -0.119. The molecule has 0 radical (unpaired) electrons. The highest BCUT2D eigenvalue weighted by atomic mass is 32.2. The number of rotatable bonds is 4. The number of hydrogen-bond acceptors (Lipinski definition) is 4. The Balaban J connectivity index is 1.74. The van der Waals surface area contributed by atoms with Gasteiger partial charge in [-0.15, -0.1) is 0 Å². The molecule has 1 amide bonds. The maximum atomic E-state index is 12.8. The van der Waals surface area contributed by atoms with Crippen molar-refractivity contribution in [3.05, 3.63) is 23.8 Å². The van der Waals surface area contributed by atoms with Crippen LogP contribution in [0.5, 0.6) is 0 Å². The van der Waals surface area contributed by atoms with Gasteiger partial charge in [0.05, 0.1) is 11.4 Å². The molecule has 2 aliphatic heterocycles. The van der Waals surface area contributed by atoms with Crippen molar-refractivity contribution < 1.29 is 9.00 Å². The summed E-state index contributed by atoms with van der Waals surface area (Å²) in [5.41, 5.74) is 2.09. The van der Waals surface area contributed by atoms with E-state index in [0.29, 0.717) is 19.1 Å². The fourth-order valence-corrected chi connectivity index (χ4v) is 4.19. The van der Waals surface area contributed by atoms with Crippen LogP contribution in [0.3, 0.4) is 0 Å². The summed E-state index contributed by atoms with van der Waals surface area (Å²) >= 11 is 0. The molecule has 132 valence electrons. The van der Waals surface area contributed by atoms with Crippen LogP contribution in [0.25, 0.3) is 0 Å². The van der Waals surface area contributed by atoms with Crippen molar-refractivity contribution in [1.29, 1.82) is 0 Å². The predicted molar refractivity (Wildman–Crippen MR) is 96.5 cm³/mol. The standard InChI is InChI=1S/C17H26N4O2S/c1-13-11-20(9-7-18-13)12-17(22)21-8-6-14-4-5-15(10-16(14)21)24(23)19(2)3/h4-5,10,13,18H,6-9,11-12H2,1-3H3/t13-,24?/m1/s1. The van der Waals surface area contributed by atoms with Crippen molar-refractivity contribution >= 4 is 22.6 Å². The first-order valence-electron chi connectivity index (χ1n) is 8.44. The van der Waals surface area contributed by atoms with Crippen LogP contribution in [0.2, 0.25) is 0 Å². The smallest absolute Gasteiger partial charge is 0.241 e. The number of nitrogens with zero attached hydrogens (tertiary/aromatic N) is 3. The molecule has 0 saturated carbocycles.